The first kappa shape index (κ1) is 10.9. The van der Waals surface area contributed by atoms with E-state index >= 15 is 0 Å². The van der Waals surface area contributed by atoms with Gasteiger partial charge in [0.1, 0.15) is 6.33 Å². The maximum atomic E-state index is 8.72. The number of aromatic nitrogens is 3. The Bertz CT molecular complexity index is 556. The van der Waals surface area contributed by atoms with Crippen molar-refractivity contribution in [2.75, 3.05) is 0 Å². The number of rotatable bonds is 2. The zero-order valence-electron chi connectivity index (χ0n) is 8.06. The molecular weight excluding hydrogens is 247 g/mol. The van der Waals surface area contributed by atoms with Gasteiger partial charge in [-0.1, -0.05) is 11.6 Å². The Hall–Kier alpha value is -1.57. The topological polar surface area (TPSA) is 54.5 Å². The van der Waals surface area contributed by atoms with Crippen molar-refractivity contribution in [2.45, 2.75) is 5.88 Å². The highest BCUT2D eigenvalue weighted by Gasteiger charge is 2.09. The highest BCUT2D eigenvalue weighted by Crippen LogP contribution is 2.22. The largest absolute Gasteiger partial charge is 0.283 e. The summed E-state index contributed by atoms with van der Waals surface area (Å²) in [4.78, 5) is 0. The number of alkyl halides is 1. The van der Waals surface area contributed by atoms with Gasteiger partial charge in [-0.05, 0) is 18.2 Å². The lowest BCUT2D eigenvalue weighted by Gasteiger charge is -2.06. The molecule has 0 spiro atoms. The minimum Gasteiger partial charge on any atom is -0.283 e. The van der Waals surface area contributed by atoms with Crippen molar-refractivity contribution in [3.63, 3.8) is 0 Å². The summed E-state index contributed by atoms with van der Waals surface area (Å²) in [7, 11) is 0. The summed E-state index contributed by atoms with van der Waals surface area (Å²) in [5.74, 6) is 0.851. The Morgan fingerprint density at radius 2 is 2.25 bits per heavy atom. The molecule has 0 aliphatic rings. The molecule has 0 fully saturated rings. The van der Waals surface area contributed by atoms with E-state index in [1.807, 2.05) is 6.07 Å². The molecule has 1 heterocycles. The third-order valence-corrected chi connectivity index (χ3v) is 2.62. The molecule has 0 radical (unpaired) electrons. The molecule has 0 bridgehead atoms. The molecule has 2 aromatic rings. The lowest BCUT2D eigenvalue weighted by molar-refractivity contribution is 0.951. The van der Waals surface area contributed by atoms with Crippen LogP contribution in [0.2, 0.25) is 5.02 Å². The number of nitriles is 1. The average molecular weight is 253 g/mol. The van der Waals surface area contributed by atoms with Gasteiger partial charge in [-0.2, -0.15) is 5.26 Å². The second-order valence-electron chi connectivity index (χ2n) is 3.03. The molecule has 6 heteroatoms. The molecular formula is C10H6Cl2N4. The molecule has 1 aromatic carbocycles. The van der Waals surface area contributed by atoms with E-state index < -0.39 is 0 Å². The average Bonchev–Trinajstić information content (AvgIpc) is 2.76. The minimum absolute atomic E-state index is 0.246. The number of hydrogen-bond donors (Lipinski definition) is 0. The molecule has 0 aliphatic heterocycles. The van der Waals surface area contributed by atoms with Crippen molar-refractivity contribution in [1.82, 2.24) is 14.8 Å². The first-order chi connectivity index (χ1) is 7.76. The van der Waals surface area contributed by atoms with Crippen molar-refractivity contribution >= 4 is 23.2 Å². The third-order valence-electron chi connectivity index (χ3n) is 2.07. The zero-order chi connectivity index (χ0) is 11.5. The van der Waals surface area contributed by atoms with Crippen molar-refractivity contribution in [3.8, 4) is 11.8 Å². The number of halogens is 2. The summed E-state index contributed by atoms with van der Waals surface area (Å²) in [6, 6.07) is 7.03. The van der Waals surface area contributed by atoms with Crippen LogP contribution in [-0.4, -0.2) is 14.8 Å². The Morgan fingerprint density at radius 1 is 1.44 bits per heavy atom. The number of nitrogens with zero attached hydrogens (tertiary/aromatic N) is 4. The van der Waals surface area contributed by atoms with Gasteiger partial charge in [0.25, 0.3) is 0 Å². The van der Waals surface area contributed by atoms with Crippen LogP contribution in [0.3, 0.4) is 0 Å². The fraction of sp³-hybridized carbons (Fsp3) is 0.100. The van der Waals surface area contributed by atoms with Crippen LogP contribution >= 0.6 is 23.2 Å². The van der Waals surface area contributed by atoms with Crippen LogP contribution in [-0.2, 0) is 5.88 Å². The van der Waals surface area contributed by atoms with Crippen LogP contribution in [0, 0.1) is 11.3 Å². The van der Waals surface area contributed by atoms with Gasteiger partial charge in [0, 0.05) is 0 Å². The third kappa shape index (κ3) is 1.87. The van der Waals surface area contributed by atoms with Crippen LogP contribution in [0.4, 0.5) is 0 Å². The Balaban J connectivity index is 2.53. The predicted molar refractivity (Wildman–Crippen MR) is 60.6 cm³/mol. The van der Waals surface area contributed by atoms with Gasteiger partial charge in [-0.3, -0.25) is 4.57 Å². The van der Waals surface area contributed by atoms with Crippen molar-refractivity contribution in [3.05, 3.63) is 40.9 Å². The fourth-order valence-electron chi connectivity index (χ4n) is 1.32. The second-order valence-corrected chi connectivity index (χ2v) is 3.70. The predicted octanol–water partition coefficient (Wildman–Crippen LogP) is 2.53. The zero-order valence-corrected chi connectivity index (χ0v) is 9.57. The molecule has 0 unspecified atom stereocenters. The Morgan fingerprint density at radius 3 is 2.88 bits per heavy atom. The van der Waals surface area contributed by atoms with E-state index in [0.717, 1.165) is 0 Å². The summed E-state index contributed by atoms with van der Waals surface area (Å²) < 4.78 is 1.69. The maximum Gasteiger partial charge on any atom is 0.152 e. The van der Waals surface area contributed by atoms with E-state index in [1.165, 1.54) is 6.33 Å². The Labute approximate surface area is 102 Å². The van der Waals surface area contributed by atoms with Gasteiger partial charge >= 0.3 is 0 Å². The quantitative estimate of drug-likeness (QED) is 0.772. The summed E-state index contributed by atoms with van der Waals surface area (Å²) in [6.07, 6.45) is 1.53. The second kappa shape index (κ2) is 4.52. The summed E-state index contributed by atoms with van der Waals surface area (Å²) in [5.41, 5.74) is 1.22. The first-order valence-corrected chi connectivity index (χ1v) is 5.32. The van der Waals surface area contributed by atoms with Gasteiger partial charge in [0.15, 0.2) is 5.82 Å². The molecule has 0 saturated heterocycles. The number of benzene rings is 1. The van der Waals surface area contributed by atoms with Crippen molar-refractivity contribution in [2.24, 2.45) is 0 Å². The lowest BCUT2D eigenvalue weighted by atomic mass is 10.2. The smallest absolute Gasteiger partial charge is 0.152 e. The van der Waals surface area contributed by atoms with E-state index in [1.54, 1.807) is 22.8 Å². The van der Waals surface area contributed by atoms with Gasteiger partial charge < -0.3 is 0 Å². The molecule has 0 N–H and O–H groups in total. The normalized spacial score (nSPS) is 10.1. The fourth-order valence-corrected chi connectivity index (χ4v) is 1.78. The molecule has 1 aromatic heterocycles. The summed E-state index contributed by atoms with van der Waals surface area (Å²) >= 11 is 11.8. The van der Waals surface area contributed by atoms with E-state index in [4.69, 9.17) is 28.5 Å². The maximum absolute atomic E-state index is 8.72. The lowest BCUT2D eigenvalue weighted by Crippen LogP contribution is -1.99. The molecule has 0 amide bonds. The van der Waals surface area contributed by atoms with E-state index in [9.17, 15) is 0 Å². The van der Waals surface area contributed by atoms with Crippen LogP contribution in [0.1, 0.15) is 11.4 Å². The van der Waals surface area contributed by atoms with Crippen molar-refractivity contribution < 1.29 is 0 Å². The monoisotopic (exact) mass is 252 g/mol. The van der Waals surface area contributed by atoms with Crippen LogP contribution < -0.4 is 0 Å². The highest BCUT2D eigenvalue weighted by molar-refractivity contribution is 6.32. The summed E-state index contributed by atoms with van der Waals surface area (Å²) in [5, 5.41) is 16.8. The van der Waals surface area contributed by atoms with Crippen LogP contribution in [0.5, 0.6) is 0 Å². The standard InChI is InChI=1S/C10H6Cl2N4/c11-4-10-15-14-6-16(10)9-2-1-7(5-13)3-8(9)12/h1-3,6H,4H2. The SMILES string of the molecule is N#Cc1ccc(-n2cnnc2CCl)c(Cl)c1. The molecule has 0 atom stereocenters. The van der Waals surface area contributed by atoms with E-state index in [0.29, 0.717) is 22.1 Å². The molecule has 80 valence electrons. The first-order valence-electron chi connectivity index (χ1n) is 4.41. The molecule has 0 saturated carbocycles. The molecule has 16 heavy (non-hydrogen) atoms. The minimum atomic E-state index is 0.246. The Kier molecular flexibility index (Phi) is 3.09. The van der Waals surface area contributed by atoms with Gasteiger partial charge in [0.2, 0.25) is 0 Å². The van der Waals surface area contributed by atoms with Gasteiger partial charge in [-0.15, -0.1) is 21.8 Å². The van der Waals surface area contributed by atoms with Gasteiger partial charge in [-0.25, -0.2) is 0 Å². The molecule has 2 rings (SSSR count). The van der Waals surface area contributed by atoms with Crippen LogP contribution in [0.15, 0.2) is 24.5 Å². The summed E-state index contributed by atoms with van der Waals surface area (Å²) in [6.45, 7) is 0. The van der Waals surface area contributed by atoms with E-state index in [-0.39, 0.29) is 5.88 Å². The van der Waals surface area contributed by atoms with Crippen LogP contribution in [0.25, 0.3) is 5.69 Å². The highest BCUT2D eigenvalue weighted by atomic mass is 35.5. The molecule has 4 nitrogen and oxygen atoms in total. The van der Waals surface area contributed by atoms with E-state index in [2.05, 4.69) is 10.2 Å². The van der Waals surface area contributed by atoms with Gasteiger partial charge in [0.05, 0.1) is 28.2 Å². The van der Waals surface area contributed by atoms with Crippen molar-refractivity contribution in [1.29, 1.82) is 5.26 Å². The molecule has 0 aliphatic carbocycles. The number of hydrogen-bond acceptors (Lipinski definition) is 3.